The van der Waals surface area contributed by atoms with Crippen molar-refractivity contribution >= 4 is 33.0 Å². The Balaban J connectivity index is 0.000000325. The number of nitrogens with zero attached hydrogens (tertiary/aromatic N) is 3. The molecular weight excluding hydrogens is 935 g/mol. The molecule has 0 fully saturated rings. The van der Waals surface area contributed by atoms with Crippen molar-refractivity contribution in [2.75, 3.05) is 0 Å². The molecule has 0 saturated heterocycles. The fourth-order valence-corrected chi connectivity index (χ4v) is 9.21. The Morgan fingerprint density at radius 2 is 1.32 bits per heavy atom. The molecule has 4 nitrogen and oxygen atoms in total. The molecule has 0 N–H and O–H groups in total. The topological polar surface area (TPSA) is 43.9 Å². The Kier molecular flexibility index (Phi) is 10.9. The van der Waals surface area contributed by atoms with Gasteiger partial charge in [0.1, 0.15) is 5.58 Å². The molecule has 10 aromatic rings. The van der Waals surface area contributed by atoms with Crippen LogP contribution in [0.2, 0.25) is 0 Å². The number of hydrogen-bond donors (Lipinski definition) is 0. The van der Waals surface area contributed by atoms with Crippen LogP contribution in [0.1, 0.15) is 75.6 Å². The van der Waals surface area contributed by atoms with Crippen LogP contribution in [0.25, 0.3) is 83.6 Å². The van der Waals surface area contributed by atoms with Gasteiger partial charge in [0.15, 0.2) is 0 Å². The molecule has 5 heteroatoms. The Morgan fingerprint density at radius 3 is 2.05 bits per heavy atom. The van der Waals surface area contributed by atoms with Crippen molar-refractivity contribution in [1.82, 2.24) is 14.5 Å². The standard InChI is InChI=1S/C46H39N2O.C11H8N.Ir/c1-27(2)34-23-30(29-15-8-7-9-16-29)24-35(28(3)4)43(34)48-41-22-13-12-21-40(41)47-45(48)33-19-14-18-32-37-25-39-36(26-42(37)49-44(32)33)31-17-10-11-20-38(31)46(39,5)6;1-2-6-10(7-3-1)11-8-4-5-9-12-11;/h7-18,20-28H,1-6H3;1-6,8-9H;/q2*-1;. The van der Waals surface area contributed by atoms with Crippen molar-refractivity contribution in [3.8, 4) is 50.6 Å². The number of aromatic nitrogens is 3. The Bertz CT molecular complexity index is 3150. The van der Waals surface area contributed by atoms with E-state index in [0.717, 1.165) is 55.6 Å². The van der Waals surface area contributed by atoms with Crippen LogP contribution < -0.4 is 0 Å². The van der Waals surface area contributed by atoms with Crippen molar-refractivity contribution in [3.63, 3.8) is 0 Å². The maximum absolute atomic E-state index is 6.88. The van der Waals surface area contributed by atoms with Crippen LogP contribution in [0.5, 0.6) is 0 Å². The van der Waals surface area contributed by atoms with Gasteiger partial charge in [-0.15, -0.1) is 54.1 Å². The smallest absolute Gasteiger partial charge is 0.121 e. The largest absolute Gasteiger partial charge is 0.501 e. The minimum Gasteiger partial charge on any atom is -0.501 e. The third-order valence-corrected chi connectivity index (χ3v) is 12.3. The van der Waals surface area contributed by atoms with Gasteiger partial charge >= 0.3 is 0 Å². The van der Waals surface area contributed by atoms with Gasteiger partial charge in [-0.1, -0.05) is 131 Å². The summed E-state index contributed by atoms with van der Waals surface area (Å²) in [6.07, 6.45) is 1.79. The SMILES string of the molecule is CC(C)c1cc(-c2ccccc2)cc(C(C)C)c1-n1c(-c2[c-]ccc3c2oc2cc4c(cc23)C(C)(C)c2ccccc2-4)nc2ccccc21.[Ir].[c-]1ccccc1-c1ccccn1. The van der Waals surface area contributed by atoms with E-state index in [1.165, 1.54) is 50.2 Å². The maximum atomic E-state index is 6.88. The van der Waals surface area contributed by atoms with Crippen LogP contribution in [0, 0.1) is 12.1 Å². The van der Waals surface area contributed by atoms with Gasteiger partial charge in [-0.25, -0.2) is 0 Å². The molecule has 0 aliphatic heterocycles. The number of benzene rings is 7. The molecule has 3 heterocycles. The number of furan rings is 1. The molecule has 307 valence electrons. The Hall–Kier alpha value is -6.39. The molecule has 62 heavy (non-hydrogen) atoms. The van der Waals surface area contributed by atoms with Crippen molar-refractivity contribution in [1.29, 1.82) is 0 Å². The molecule has 0 atom stereocenters. The van der Waals surface area contributed by atoms with Crippen LogP contribution >= 0.6 is 0 Å². The molecule has 0 saturated carbocycles. The number of hydrogen-bond acceptors (Lipinski definition) is 3. The monoisotopic (exact) mass is 982 g/mol. The quantitative estimate of drug-likeness (QED) is 0.156. The molecule has 1 radical (unpaired) electrons. The first-order chi connectivity index (χ1) is 29.7. The number of pyridine rings is 1. The van der Waals surface area contributed by atoms with Crippen molar-refractivity contribution < 1.29 is 24.5 Å². The van der Waals surface area contributed by atoms with E-state index in [9.17, 15) is 0 Å². The molecule has 0 unspecified atom stereocenters. The fourth-order valence-electron chi connectivity index (χ4n) is 9.21. The summed E-state index contributed by atoms with van der Waals surface area (Å²) in [5, 5.41) is 2.22. The summed E-state index contributed by atoms with van der Waals surface area (Å²) in [5.41, 5.74) is 18.1. The van der Waals surface area contributed by atoms with E-state index in [-0.39, 0.29) is 37.4 Å². The molecule has 7 aromatic carbocycles. The van der Waals surface area contributed by atoms with Gasteiger partial charge in [-0.05, 0) is 105 Å². The van der Waals surface area contributed by atoms with Gasteiger partial charge in [0.25, 0.3) is 0 Å². The average molecular weight is 982 g/mol. The molecule has 1 aliphatic carbocycles. The fraction of sp³-hybridized carbons (Fsp3) is 0.158. The third kappa shape index (κ3) is 7.00. The third-order valence-electron chi connectivity index (χ3n) is 12.3. The molecular formula is C57H47IrN3O-2. The molecule has 1 aliphatic rings. The zero-order valence-electron chi connectivity index (χ0n) is 35.8. The summed E-state index contributed by atoms with van der Waals surface area (Å²) in [6, 6.07) is 62.0. The van der Waals surface area contributed by atoms with E-state index in [4.69, 9.17) is 9.40 Å². The summed E-state index contributed by atoms with van der Waals surface area (Å²) < 4.78 is 9.26. The van der Waals surface area contributed by atoms with E-state index < -0.39 is 0 Å². The molecule has 3 aromatic heterocycles. The van der Waals surface area contributed by atoms with Gasteiger partial charge in [-0.3, -0.25) is 4.98 Å². The summed E-state index contributed by atoms with van der Waals surface area (Å²) in [6.45, 7) is 13.8. The minimum absolute atomic E-state index is 0. The number of fused-ring (bicyclic) bond motifs is 7. The minimum atomic E-state index is -0.0895. The van der Waals surface area contributed by atoms with Crippen LogP contribution in [0.4, 0.5) is 0 Å². The van der Waals surface area contributed by atoms with E-state index in [1.54, 1.807) is 6.20 Å². The van der Waals surface area contributed by atoms with Gasteiger partial charge in [0.2, 0.25) is 0 Å². The van der Waals surface area contributed by atoms with E-state index in [2.05, 4.69) is 172 Å². The number of imidazole rings is 1. The van der Waals surface area contributed by atoms with E-state index in [1.807, 2.05) is 48.5 Å². The second kappa shape index (κ2) is 16.5. The number of rotatable bonds is 6. The first kappa shape index (κ1) is 41.0. The zero-order chi connectivity index (χ0) is 41.8. The number of para-hydroxylation sites is 2. The summed E-state index contributed by atoms with van der Waals surface area (Å²) in [5.74, 6) is 1.41. The second-order valence-corrected chi connectivity index (χ2v) is 17.2. The average Bonchev–Trinajstić information content (AvgIpc) is 3.94. The normalized spacial score (nSPS) is 12.6. The maximum Gasteiger partial charge on any atom is 0.121 e. The summed E-state index contributed by atoms with van der Waals surface area (Å²) >= 11 is 0. The predicted molar refractivity (Wildman–Crippen MR) is 252 cm³/mol. The first-order valence-corrected chi connectivity index (χ1v) is 21.3. The van der Waals surface area contributed by atoms with E-state index >= 15 is 0 Å². The van der Waals surface area contributed by atoms with Crippen LogP contribution in [-0.2, 0) is 25.5 Å². The van der Waals surface area contributed by atoms with Crippen molar-refractivity contribution in [2.24, 2.45) is 0 Å². The van der Waals surface area contributed by atoms with Crippen LogP contribution in [0.3, 0.4) is 0 Å². The molecule has 11 rings (SSSR count). The summed E-state index contributed by atoms with van der Waals surface area (Å²) in [4.78, 5) is 9.57. The second-order valence-electron chi connectivity index (χ2n) is 17.2. The molecule has 0 amide bonds. The van der Waals surface area contributed by atoms with Crippen LogP contribution in [0.15, 0.2) is 168 Å². The van der Waals surface area contributed by atoms with Gasteiger partial charge in [0.05, 0.1) is 22.4 Å². The predicted octanol–water partition coefficient (Wildman–Crippen LogP) is 15.2. The van der Waals surface area contributed by atoms with Gasteiger partial charge in [-0.2, -0.15) is 0 Å². The zero-order valence-corrected chi connectivity index (χ0v) is 38.2. The van der Waals surface area contributed by atoms with Crippen LogP contribution in [-0.4, -0.2) is 14.5 Å². The molecule has 0 spiro atoms. The molecule has 0 bridgehead atoms. The summed E-state index contributed by atoms with van der Waals surface area (Å²) in [7, 11) is 0. The van der Waals surface area contributed by atoms with Crippen molar-refractivity contribution in [3.05, 3.63) is 198 Å². The van der Waals surface area contributed by atoms with E-state index in [0.29, 0.717) is 0 Å². The van der Waals surface area contributed by atoms with Crippen molar-refractivity contribution in [2.45, 2.75) is 58.8 Å². The van der Waals surface area contributed by atoms with Gasteiger partial charge in [0, 0.05) is 42.8 Å². The van der Waals surface area contributed by atoms with Gasteiger partial charge < -0.3 is 14.0 Å². The Labute approximate surface area is 377 Å². The Morgan fingerprint density at radius 1 is 0.613 bits per heavy atom. The first-order valence-electron chi connectivity index (χ1n) is 21.3.